The van der Waals surface area contributed by atoms with Crippen molar-refractivity contribution >= 4 is 17.9 Å². The molecule has 2 saturated carbocycles. The van der Waals surface area contributed by atoms with Crippen LogP contribution < -0.4 is 4.74 Å². The molecule has 0 aromatic heterocycles. The number of carbonyl (C=O) groups excluding carboxylic acids is 1. The van der Waals surface area contributed by atoms with Crippen LogP contribution in [0.5, 0.6) is 5.75 Å². The van der Waals surface area contributed by atoms with Gasteiger partial charge in [-0.25, -0.2) is 0 Å². The summed E-state index contributed by atoms with van der Waals surface area (Å²) in [5, 5.41) is 67.7. The molecule has 0 aliphatic heterocycles. The summed E-state index contributed by atoms with van der Waals surface area (Å²) in [7, 11) is 0. The molecule has 268 valence electrons. The van der Waals surface area contributed by atoms with Gasteiger partial charge in [0.05, 0.1) is 72.9 Å². The fraction of sp³-hybridized carbons (Fsp3) is 0.639. The molecule has 12 heteroatoms. The quantitative estimate of drug-likeness (QED) is 0.0998. The lowest BCUT2D eigenvalue weighted by atomic mass is 9.55. The lowest BCUT2D eigenvalue weighted by molar-refractivity contribution is -0.254. The van der Waals surface area contributed by atoms with Crippen LogP contribution in [0.4, 0.5) is 0 Å². The third-order valence-corrected chi connectivity index (χ3v) is 10.5. The molecule has 0 heterocycles. The Balaban J connectivity index is 1.30. The summed E-state index contributed by atoms with van der Waals surface area (Å²) in [5.74, 6) is 0.660. The van der Waals surface area contributed by atoms with Crippen LogP contribution >= 0.6 is 11.6 Å². The fourth-order valence-electron chi connectivity index (χ4n) is 7.33. The number of aldehydes is 1. The van der Waals surface area contributed by atoms with E-state index in [0.29, 0.717) is 67.8 Å². The monoisotopic (exact) mass is 694 g/mol. The second-order valence-corrected chi connectivity index (χ2v) is 14.1. The Morgan fingerprint density at radius 3 is 2.25 bits per heavy atom. The van der Waals surface area contributed by atoms with Crippen molar-refractivity contribution in [2.24, 2.45) is 5.41 Å². The van der Waals surface area contributed by atoms with Crippen molar-refractivity contribution in [2.45, 2.75) is 107 Å². The molecule has 11 nitrogen and oxygen atoms in total. The Morgan fingerprint density at radius 1 is 0.917 bits per heavy atom. The molecule has 0 radical (unpaired) electrons. The van der Waals surface area contributed by atoms with E-state index in [1.54, 1.807) is 18.2 Å². The zero-order chi connectivity index (χ0) is 35.3. The Kier molecular flexibility index (Phi) is 13.1. The normalized spacial score (nSPS) is 29.9. The van der Waals surface area contributed by atoms with Crippen molar-refractivity contribution in [3.05, 3.63) is 64.2 Å². The molecule has 2 bridgehead atoms. The van der Waals surface area contributed by atoms with Crippen molar-refractivity contribution in [3.8, 4) is 5.75 Å². The van der Waals surface area contributed by atoms with Gasteiger partial charge in [0.2, 0.25) is 0 Å². The molecule has 0 saturated heterocycles. The van der Waals surface area contributed by atoms with Crippen molar-refractivity contribution in [2.75, 3.05) is 33.0 Å². The topological polar surface area (TPSA) is 175 Å². The maximum Gasteiger partial charge on any atom is 0.122 e. The number of carbonyl (C=O) groups is 1. The number of rotatable bonds is 18. The molecule has 2 aliphatic carbocycles. The number of ether oxygens (including phenoxy) is 4. The smallest absolute Gasteiger partial charge is 0.122 e. The molecule has 4 unspecified atom stereocenters. The molecule has 6 N–H and O–H groups in total. The number of aliphatic hydroxyl groups is 6. The molecule has 0 spiro atoms. The van der Waals surface area contributed by atoms with Crippen LogP contribution in [0, 0.1) is 5.41 Å². The third-order valence-electron chi connectivity index (χ3n) is 10.2. The highest BCUT2D eigenvalue weighted by Crippen LogP contribution is 2.63. The molecule has 9 atom stereocenters. The maximum absolute atomic E-state index is 11.7. The number of fused-ring (bicyclic) bond motifs is 2. The first kappa shape index (κ1) is 38.6. The van der Waals surface area contributed by atoms with Crippen LogP contribution in [-0.4, -0.2) is 118 Å². The highest BCUT2D eigenvalue weighted by Gasteiger charge is 2.77. The van der Waals surface area contributed by atoms with Crippen molar-refractivity contribution in [3.63, 3.8) is 0 Å². The van der Waals surface area contributed by atoms with Crippen LogP contribution in [0.1, 0.15) is 63.6 Å². The lowest BCUT2D eigenvalue weighted by Gasteiger charge is -2.56. The number of benzene rings is 2. The summed E-state index contributed by atoms with van der Waals surface area (Å²) in [5.41, 5.74) is -3.23. The van der Waals surface area contributed by atoms with Gasteiger partial charge in [0.1, 0.15) is 24.7 Å². The van der Waals surface area contributed by atoms with Crippen LogP contribution in [0.3, 0.4) is 0 Å². The van der Waals surface area contributed by atoms with Crippen LogP contribution in [0.25, 0.3) is 0 Å². The van der Waals surface area contributed by atoms with Crippen LogP contribution in [0.2, 0.25) is 5.02 Å². The number of hydrogen-bond acceptors (Lipinski definition) is 11. The number of hydrogen-bond donors (Lipinski definition) is 6. The lowest BCUT2D eigenvalue weighted by Crippen LogP contribution is -2.72. The molecule has 2 aromatic carbocycles. The van der Waals surface area contributed by atoms with Gasteiger partial charge in [0.25, 0.3) is 0 Å². The predicted molar refractivity (Wildman–Crippen MR) is 178 cm³/mol. The standard InChI is InChI=1S/C36H51ClO11/c1-22(11-13-38)46-14-12-23(2)47-17-15-45-16-18-48-27-8-5-24(6-9-27)19-25-20-26(7-10-28(25)37)36-29(39)21-35(33(36)43,34(3,4)44)31(41)30(40)32(36)42/h5-10,13,20,22-23,29-33,39-44H,11-12,14-19,21H2,1-4H3/t22?,23?,29?,30-,31-,32+,33?,35-,36-/m1/s1. The number of aliphatic hydroxyl groups excluding tert-OH is 5. The summed E-state index contributed by atoms with van der Waals surface area (Å²) < 4.78 is 22.7. The van der Waals surface area contributed by atoms with Gasteiger partial charge in [-0.1, -0.05) is 35.9 Å². The first-order chi connectivity index (χ1) is 22.7. The molecule has 4 rings (SSSR count). The Labute approximate surface area is 287 Å². The highest BCUT2D eigenvalue weighted by molar-refractivity contribution is 6.31. The minimum absolute atomic E-state index is 0.0173. The second-order valence-electron chi connectivity index (χ2n) is 13.7. The minimum Gasteiger partial charge on any atom is -0.491 e. The van der Waals surface area contributed by atoms with Gasteiger partial charge in [0, 0.05) is 18.1 Å². The summed E-state index contributed by atoms with van der Waals surface area (Å²) in [4.78, 5) is 10.5. The van der Waals surface area contributed by atoms with E-state index < -0.39 is 47.0 Å². The van der Waals surface area contributed by atoms with E-state index in [0.717, 1.165) is 18.3 Å². The van der Waals surface area contributed by atoms with Gasteiger partial charge in [-0.2, -0.15) is 0 Å². The Bertz CT molecular complexity index is 1330. The van der Waals surface area contributed by atoms with E-state index in [1.807, 2.05) is 38.1 Å². The molecule has 2 fully saturated rings. The van der Waals surface area contributed by atoms with Crippen molar-refractivity contribution in [1.82, 2.24) is 0 Å². The molecular weight excluding hydrogens is 644 g/mol. The van der Waals surface area contributed by atoms with E-state index in [1.165, 1.54) is 13.8 Å². The van der Waals surface area contributed by atoms with Gasteiger partial charge in [-0.15, -0.1) is 0 Å². The van der Waals surface area contributed by atoms with Gasteiger partial charge >= 0.3 is 0 Å². The van der Waals surface area contributed by atoms with Crippen molar-refractivity contribution < 1.29 is 54.4 Å². The molecule has 2 aliphatic rings. The highest BCUT2D eigenvalue weighted by atomic mass is 35.5. The predicted octanol–water partition coefficient (Wildman–Crippen LogP) is 2.33. The average Bonchev–Trinajstić information content (AvgIpc) is 3.25. The second kappa shape index (κ2) is 16.2. The maximum atomic E-state index is 11.7. The van der Waals surface area contributed by atoms with Gasteiger partial charge in [0.15, 0.2) is 0 Å². The number of halogens is 1. The summed E-state index contributed by atoms with van der Waals surface area (Å²) in [6.45, 7) is 8.82. The molecular formula is C36H51ClO11. The largest absolute Gasteiger partial charge is 0.491 e. The van der Waals surface area contributed by atoms with E-state index in [9.17, 15) is 35.4 Å². The van der Waals surface area contributed by atoms with Gasteiger partial charge in [-0.05, 0) is 81.8 Å². The van der Waals surface area contributed by atoms with E-state index in [2.05, 4.69) is 0 Å². The van der Waals surface area contributed by atoms with Gasteiger partial charge in [-0.3, -0.25) is 0 Å². The molecule has 2 aromatic rings. The summed E-state index contributed by atoms with van der Waals surface area (Å²) in [6.07, 6.45) is -5.99. The Morgan fingerprint density at radius 2 is 1.58 bits per heavy atom. The van der Waals surface area contributed by atoms with Gasteiger partial charge < -0.3 is 54.4 Å². The van der Waals surface area contributed by atoms with Crippen LogP contribution in [0.15, 0.2) is 42.5 Å². The molecule has 0 amide bonds. The van der Waals surface area contributed by atoms with Crippen molar-refractivity contribution in [1.29, 1.82) is 0 Å². The van der Waals surface area contributed by atoms with E-state index in [4.69, 9.17) is 30.5 Å². The zero-order valence-electron chi connectivity index (χ0n) is 28.1. The zero-order valence-corrected chi connectivity index (χ0v) is 28.9. The minimum atomic E-state index is -1.77. The summed E-state index contributed by atoms with van der Waals surface area (Å²) in [6, 6.07) is 12.4. The third kappa shape index (κ3) is 7.76. The first-order valence-electron chi connectivity index (χ1n) is 16.6. The fourth-order valence-corrected chi connectivity index (χ4v) is 7.52. The summed E-state index contributed by atoms with van der Waals surface area (Å²) >= 11 is 6.58. The SMILES string of the molecule is CC(CC=O)OCCC(C)OCCOCCOc1ccc(Cc2cc([C@]34C(O)C[C@](C(C)(C)O)(C3O)[C@H](O)[C@@H](O)[C@@H]4O)ccc2Cl)cc1. The molecule has 48 heavy (non-hydrogen) atoms. The average molecular weight is 695 g/mol. The van der Waals surface area contributed by atoms with E-state index >= 15 is 0 Å². The first-order valence-corrected chi connectivity index (χ1v) is 17.0. The Hall–Kier alpha value is -2.16. The van der Waals surface area contributed by atoms with Crippen LogP contribution in [-0.2, 0) is 30.8 Å². The van der Waals surface area contributed by atoms with E-state index in [-0.39, 0.29) is 18.6 Å².